The lowest BCUT2D eigenvalue weighted by molar-refractivity contribution is -0.0394. The molecule has 2 saturated heterocycles. The van der Waals surface area contributed by atoms with Gasteiger partial charge in [-0.05, 0) is 67.9 Å². The summed E-state index contributed by atoms with van der Waals surface area (Å²) >= 11 is 0. The smallest absolute Gasteiger partial charge is 0.150 e. The molecular weight excluding hydrogens is 420 g/mol. The van der Waals surface area contributed by atoms with E-state index in [-0.39, 0.29) is 6.23 Å². The molecular formula is C29H34N4O. The largest absolute Gasteiger partial charge is 0.357 e. The molecule has 2 fully saturated rings. The minimum atomic E-state index is 0.0857. The van der Waals surface area contributed by atoms with Crippen molar-refractivity contribution in [3.8, 4) is 11.1 Å². The Bertz CT molecular complexity index is 1240. The Kier molecular flexibility index (Phi) is 5.98. The number of nitrogens with zero attached hydrogens (tertiary/aromatic N) is 4. The predicted octanol–water partition coefficient (Wildman–Crippen LogP) is 6.11. The van der Waals surface area contributed by atoms with E-state index >= 15 is 0 Å². The maximum Gasteiger partial charge on any atom is 0.150 e. The molecule has 176 valence electrons. The number of fused-ring (bicyclic) bond motifs is 1. The van der Waals surface area contributed by atoms with Gasteiger partial charge >= 0.3 is 0 Å². The van der Waals surface area contributed by atoms with Crippen LogP contribution in [0.4, 0.5) is 0 Å². The summed E-state index contributed by atoms with van der Waals surface area (Å²) in [5.41, 5.74) is 5.11. The second-order valence-corrected chi connectivity index (χ2v) is 10.1. The Morgan fingerprint density at radius 2 is 1.94 bits per heavy atom. The van der Waals surface area contributed by atoms with Gasteiger partial charge in [0.15, 0.2) is 0 Å². The molecule has 0 aliphatic carbocycles. The second kappa shape index (κ2) is 9.40. The lowest BCUT2D eigenvalue weighted by Gasteiger charge is -2.22. The molecule has 34 heavy (non-hydrogen) atoms. The van der Waals surface area contributed by atoms with E-state index in [1.54, 1.807) is 0 Å². The summed E-state index contributed by atoms with van der Waals surface area (Å²) in [6.07, 6.45) is 11.1. The topological polar surface area (TPSA) is 35.2 Å². The third-order valence-corrected chi connectivity index (χ3v) is 7.63. The highest BCUT2D eigenvalue weighted by atomic mass is 16.5. The molecule has 5 heteroatoms. The van der Waals surface area contributed by atoms with Crippen molar-refractivity contribution >= 4 is 10.9 Å². The van der Waals surface area contributed by atoms with Gasteiger partial charge in [0.25, 0.3) is 0 Å². The van der Waals surface area contributed by atoms with Crippen LogP contribution >= 0.6 is 0 Å². The van der Waals surface area contributed by atoms with Crippen molar-refractivity contribution in [2.45, 2.75) is 58.0 Å². The van der Waals surface area contributed by atoms with Crippen molar-refractivity contribution in [3.05, 3.63) is 78.8 Å². The number of ether oxygens (including phenoxy) is 1. The molecule has 5 nitrogen and oxygen atoms in total. The molecule has 1 unspecified atom stereocenters. The fourth-order valence-corrected chi connectivity index (χ4v) is 5.78. The molecule has 0 N–H and O–H groups in total. The summed E-state index contributed by atoms with van der Waals surface area (Å²) in [6, 6.07) is 20.6. The fourth-order valence-electron chi connectivity index (χ4n) is 5.78. The Labute approximate surface area is 201 Å². The van der Waals surface area contributed by atoms with Crippen LogP contribution in [0.2, 0.25) is 0 Å². The molecule has 0 saturated carbocycles. The van der Waals surface area contributed by atoms with Gasteiger partial charge in [-0.1, -0.05) is 36.4 Å². The van der Waals surface area contributed by atoms with Gasteiger partial charge in [0.05, 0.1) is 6.20 Å². The van der Waals surface area contributed by atoms with Crippen molar-refractivity contribution < 1.29 is 4.74 Å². The van der Waals surface area contributed by atoms with Gasteiger partial charge in [-0.15, -0.1) is 0 Å². The zero-order valence-corrected chi connectivity index (χ0v) is 20.0. The first-order valence-electron chi connectivity index (χ1n) is 12.8. The van der Waals surface area contributed by atoms with Gasteiger partial charge in [-0.25, -0.2) is 4.68 Å². The third kappa shape index (κ3) is 4.42. The number of rotatable bonds is 6. The lowest BCUT2D eigenvalue weighted by Crippen LogP contribution is -2.26. The van der Waals surface area contributed by atoms with Crippen LogP contribution in [0.25, 0.3) is 22.0 Å². The summed E-state index contributed by atoms with van der Waals surface area (Å²) in [7, 11) is 0. The highest BCUT2D eigenvalue weighted by Gasteiger charge is 2.29. The minimum absolute atomic E-state index is 0.0857. The standard InChI is InChI=1S/C29H34N4O/c1-22-15-24(20-32(22)18-23-7-3-2-4-8-23)19-31-13-12-26-16-25(10-11-28(26)31)27-17-30-33(21-27)29-9-5-6-14-34-29/h2-4,7-8,10-13,16-17,21-22,24,29H,5-6,9,14-15,18-20H2,1H3/t22-,24+,29?/m1/s1. The second-order valence-electron chi connectivity index (χ2n) is 10.1. The van der Waals surface area contributed by atoms with Crippen molar-refractivity contribution in [3.63, 3.8) is 0 Å². The molecule has 0 amide bonds. The van der Waals surface area contributed by atoms with Crippen molar-refractivity contribution in [2.75, 3.05) is 13.2 Å². The number of benzene rings is 2. The Morgan fingerprint density at radius 3 is 2.79 bits per heavy atom. The van der Waals surface area contributed by atoms with Crippen LogP contribution in [0.1, 0.15) is 44.4 Å². The number of likely N-dealkylation sites (tertiary alicyclic amines) is 1. The highest BCUT2D eigenvalue weighted by molar-refractivity contribution is 5.85. The van der Waals surface area contributed by atoms with E-state index in [0.29, 0.717) is 12.0 Å². The Morgan fingerprint density at radius 1 is 1.03 bits per heavy atom. The molecule has 0 radical (unpaired) electrons. The molecule has 2 aliphatic rings. The molecule has 2 aromatic heterocycles. The molecule has 4 aromatic rings. The summed E-state index contributed by atoms with van der Waals surface area (Å²) in [5.74, 6) is 0.683. The van der Waals surface area contributed by atoms with Crippen LogP contribution in [-0.2, 0) is 17.8 Å². The Balaban J connectivity index is 1.14. The molecule has 3 atom stereocenters. The van der Waals surface area contributed by atoms with Gasteiger partial charge in [0.2, 0.25) is 0 Å². The average molecular weight is 455 g/mol. The van der Waals surface area contributed by atoms with E-state index in [1.165, 1.54) is 34.9 Å². The van der Waals surface area contributed by atoms with Crippen LogP contribution < -0.4 is 0 Å². The molecule has 4 heterocycles. The SMILES string of the molecule is C[C@@H]1C[C@@H](Cn2ccc3cc(-c4cnn(C5CCCCO5)c4)ccc32)CN1Cc1ccccc1. The summed E-state index contributed by atoms with van der Waals surface area (Å²) in [5, 5.41) is 5.89. The first kappa shape index (κ1) is 21.6. The third-order valence-electron chi connectivity index (χ3n) is 7.63. The maximum atomic E-state index is 5.89. The minimum Gasteiger partial charge on any atom is -0.357 e. The van der Waals surface area contributed by atoms with Gasteiger partial charge < -0.3 is 9.30 Å². The maximum absolute atomic E-state index is 5.89. The molecule has 0 bridgehead atoms. The zero-order chi connectivity index (χ0) is 22.9. The van der Waals surface area contributed by atoms with Gasteiger partial charge in [0.1, 0.15) is 6.23 Å². The Hall–Kier alpha value is -2.89. The first-order chi connectivity index (χ1) is 16.7. The van der Waals surface area contributed by atoms with Crippen LogP contribution in [0.5, 0.6) is 0 Å². The van der Waals surface area contributed by atoms with Crippen LogP contribution in [0, 0.1) is 5.92 Å². The van der Waals surface area contributed by atoms with Crippen molar-refractivity contribution in [2.24, 2.45) is 5.92 Å². The predicted molar refractivity (Wildman–Crippen MR) is 136 cm³/mol. The molecule has 6 rings (SSSR count). The van der Waals surface area contributed by atoms with Crippen molar-refractivity contribution in [1.82, 2.24) is 19.2 Å². The average Bonchev–Trinajstić information content (AvgIpc) is 3.60. The fraction of sp³-hybridized carbons (Fsp3) is 0.414. The first-order valence-corrected chi connectivity index (χ1v) is 12.8. The van der Waals surface area contributed by atoms with Gasteiger partial charge in [-0.2, -0.15) is 5.10 Å². The van der Waals surface area contributed by atoms with Crippen LogP contribution in [-0.4, -0.2) is 38.4 Å². The van der Waals surface area contributed by atoms with Crippen LogP contribution in [0.3, 0.4) is 0 Å². The number of hydrogen-bond acceptors (Lipinski definition) is 3. The molecule has 0 spiro atoms. The normalized spacial score (nSPS) is 23.6. The van der Waals surface area contributed by atoms with E-state index in [2.05, 4.69) is 88.5 Å². The lowest BCUT2D eigenvalue weighted by atomic mass is 10.1. The van der Waals surface area contributed by atoms with Gasteiger partial charge in [-0.3, -0.25) is 4.90 Å². The molecule has 2 aromatic carbocycles. The highest BCUT2D eigenvalue weighted by Crippen LogP contribution is 2.30. The van der Waals surface area contributed by atoms with E-state index in [0.717, 1.165) is 44.6 Å². The van der Waals surface area contributed by atoms with E-state index in [4.69, 9.17) is 4.74 Å². The summed E-state index contributed by atoms with van der Waals surface area (Å²) in [6.45, 7) is 6.50. The van der Waals surface area contributed by atoms with E-state index in [9.17, 15) is 0 Å². The number of aromatic nitrogens is 3. The zero-order valence-electron chi connectivity index (χ0n) is 20.0. The quantitative estimate of drug-likeness (QED) is 0.352. The van der Waals surface area contributed by atoms with Gasteiger partial charge in [0, 0.05) is 61.1 Å². The molecule has 2 aliphatic heterocycles. The summed E-state index contributed by atoms with van der Waals surface area (Å²) < 4.78 is 10.3. The van der Waals surface area contributed by atoms with E-state index in [1.807, 2.05) is 10.9 Å². The van der Waals surface area contributed by atoms with Crippen molar-refractivity contribution in [1.29, 1.82) is 0 Å². The van der Waals surface area contributed by atoms with Crippen LogP contribution in [0.15, 0.2) is 73.2 Å². The number of hydrogen-bond donors (Lipinski definition) is 0. The monoisotopic (exact) mass is 454 g/mol. The summed E-state index contributed by atoms with van der Waals surface area (Å²) in [4.78, 5) is 2.64. The van der Waals surface area contributed by atoms with E-state index < -0.39 is 0 Å².